The molecule has 0 aromatic heterocycles. The average Bonchev–Trinajstić information content (AvgIpc) is 3.15. The number of amides is 2. The number of rotatable bonds is 7. The second-order valence-electron chi connectivity index (χ2n) is 7.71. The molecule has 3 aromatic rings. The Morgan fingerprint density at radius 3 is 2.55 bits per heavy atom. The van der Waals surface area contributed by atoms with Crippen LogP contribution >= 0.6 is 0 Å². The van der Waals surface area contributed by atoms with Gasteiger partial charge < -0.3 is 15.0 Å². The lowest BCUT2D eigenvalue weighted by Gasteiger charge is -2.28. The lowest BCUT2D eigenvalue weighted by molar-refractivity contribution is -0.117. The van der Waals surface area contributed by atoms with Gasteiger partial charge in [-0.15, -0.1) is 0 Å². The van der Waals surface area contributed by atoms with E-state index in [9.17, 15) is 18.8 Å². The Morgan fingerprint density at radius 2 is 1.82 bits per heavy atom. The lowest BCUT2D eigenvalue weighted by atomic mass is 10.0. The molecule has 1 N–H and O–H groups in total. The van der Waals surface area contributed by atoms with Crippen LogP contribution in [-0.4, -0.2) is 29.3 Å². The SMILES string of the molecule is CCOC(=O)c1cccc(NC(=O)CC(c2ccc(F)cc2)N2Cc3ccccc3C2=O)c1. The van der Waals surface area contributed by atoms with Crippen molar-refractivity contribution < 1.29 is 23.5 Å². The van der Waals surface area contributed by atoms with Gasteiger partial charge in [-0.2, -0.15) is 0 Å². The highest BCUT2D eigenvalue weighted by atomic mass is 19.1. The molecule has 6 nitrogen and oxygen atoms in total. The summed E-state index contributed by atoms with van der Waals surface area (Å²) in [4.78, 5) is 39.6. The first-order valence-electron chi connectivity index (χ1n) is 10.7. The summed E-state index contributed by atoms with van der Waals surface area (Å²) in [7, 11) is 0. The van der Waals surface area contributed by atoms with Crippen molar-refractivity contribution in [1.82, 2.24) is 4.90 Å². The monoisotopic (exact) mass is 446 g/mol. The molecule has 0 saturated carbocycles. The normalized spacial score (nSPS) is 13.4. The van der Waals surface area contributed by atoms with Gasteiger partial charge in [0, 0.05) is 17.8 Å². The molecule has 0 spiro atoms. The summed E-state index contributed by atoms with van der Waals surface area (Å²) in [6.45, 7) is 2.33. The van der Waals surface area contributed by atoms with Crippen LogP contribution in [0.2, 0.25) is 0 Å². The third-order valence-corrected chi connectivity index (χ3v) is 5.52. The third-order valence-electron chi connectivity index (χ3n) is 5.52. The van der Waals surface area contributed by atoms with E-state index in [1.165, 1.54) is 12.1 Å². The van der Waals surface area contributed by atoms with E-state index in [0.717, 1.165) is 5.56 Å². The molecule has 1 atom stereocenters. The van der Waals surface area contributed by atoms with Crippen molar-refractivity contribution >= 4 is 23.5 Å². The number of carbonyl (C=O) groups excluding carboxylic acids is 3. The Hall–Kier alpha value is -4.00. The zero-order chi connectivity index (χ0) is 23.4. The van der Waals surface area contributed by atoms with E-state index in [4.69, 9.17) is 4.74 Å². The maximum absolute atomic E-state index is 13.5. The molecule has 0 saturated heterocycles. The van der Waals surface area contributed by atoms with Crippen molar-refractivity contribution in [2.45, 2.75) is 25.9 Å². The highest BCUT2D eigenvalue weighted by molar-refractivity contribution is 5.99. The molecule has 7 heteroatoms. The third kappa shape index (κ3) is 4.92. The number of anilines is 1. The summed E-state index contributed by atoms with van der Waals surface area (Å²) >= 11 is 0. The summed E-state index contributed by atoms with van der Waals surface area (Å²) in [6.07, 6.45) is -0.0327. The molecule has 0 fully saturated rings. The van der Waals surface area contributed by atoms with E-state index in [0.29, 0.717) is 28.9 Å². The Labute approximate surface area is 191 Å². The molecule has 1 aliphatic rings. The topological polar surface area (TPSA) is 75.7 Å². The largest absolute Gasteiger partial charge is 0.462 e. The van der Waals surface area contributed by atoms with E-state index < -0.39 is 17.8 Å². The van der Waals surface area contributed by atoms with Gasteiger partial charge in [0.25, 0.3) is 5.91 Å². The molecule has 1 aliphatic heterocycles. The van der Waals surface area contributed by atoms with E-state index in [2.05, 4.69) is 5.32 Å². The highest BCUT2D eigenvalue weighted by Crippen LogP contribution is 2.33. The van der Waals surface area contributed by atoms with Crippen LogP contribution in [0.15, 0.2) is 72.8 Å². The molecule has 168 valence electrons. The summed E-state index contributed by atoms with van der Waals surface area (Å²) in [6, 6.07) is 19.0. The minimum atomic E-state index is -0.585. The smallest absolute Gasteiger partial charge is 0.338 e. The number of carbonyl (C=O) groups is 3. The predicted octanol–water partition coefficient (Wildman–Crippen LogP) is 4.73. The van der Waals surface area contributed by atoms with Crippen LogP contribution in [0.4, 0.5) is 10.1 Å². The Bertz CT molecular complexity index is 1190. The fourth-order valence-electron chi connectivity index (χ4n) is 3.95. The number of benzene rings is 3. The first-order chi connectivity index (χ1) is 16.0. The van der Waals surface area contributed by atoms with Crippen LogP contribution in [-0.2, 0) is 16.1 Å². The van der Waals surface area contributed by atoms with Crippen LogP contribution in [0.5, 0.6) is 0 Å². The van der Waals surface area contributed by atoms with Gasteiger partial charge >= 0.3 is 5.97 Å². The molecule has 1 unspecified atom stereocenters. The first kappa shape index (κ1) is 22.2. The molecule has 3 aromatic carbocycles. The van der Waals surface area contributed by atoms with Gasteiger partial charge in [-0.3, -0.25) is 9.59 Å². The number of halogens is 1. The molecular weight excluding hydrogens is 423 g/mol. The van der Waals surface area contributed by atoms with E-state index in [-0.39, 0.29) is 24.8 Å². The average molecular weight is 446 g/mol. The van der Waals surface area contributed by atoms with Gasteiger partial charge in [0.2, 0.25) is 5.91 Å². The second-order valence-corrected chi connectivity index (χ2v) is 7.71. The van der Waals surface area contributed by atoms with Crippen molar-refractivity contribution in [2.75, 3.05) is 11.9 Å². The number of hydrogen-bond donors (Lipinski definition) is 1. The Kier molecular flexibility index (Phi) is 6.49. The quantitative estimate of drug-likeness (QED) is 0.533. The highest BCUT2D eigenvalue weighted by Gasteiger charge is 2.34. The molecule has 0 aliphatic carbocycles. The van der Waals surface area contributed by atoms with Crippen molar-refractivity contribution in [3.8, 4) is 0 Å². The number of nitrogens with one attached hydrogen (secondary N) is 1. The van der Waals surface area contributed by atoms with Gasteiger partial charge in [-0.25, -0.2) is 9.18 Å². The summed E-state index contributed by atoms with van der Waals surface area (Å²) in [5.74, 6) is -1.38. The number of ether oxygens (including phenoxy) is 1. The number of nitrogens with zero attached hydrogens (tertiary/aromatic N) is 1. The molecular formula is C26H23FN2O4. The van der Waals surface area contributed by atoms with Crippen LogP contribution < -0.4 is 5.32 Å². The van der Waals surface area contributed by atoms with Crippen molar-refractivity contribution in [1.29, 1.82) is 0 Å². The molecule has 1 heterocycles. The first-order valence-corrected chi connectivity index (χ1v) is 10.7. The minimum Gasteiger partial charge on any atom is -0.462 e. The molecule has 33 heavy (non-hydrogen) atoms. The summed E-state index contributed by atoms with van der Waals surface area (Å²) in [5, 5.41) is 2.79. The van der Waals surface area contributed by atoms with Crippen LogP contribution in [0, 0.1) is 5.82 Å². The number of hydrogen-bond acceptors (Lipinski definition) is 4. The van der Waals surface area contributed by atoms with Crippen molar-refractivity contribution in [3.05, 3.63) is 101 Å². The Morgan fingerprint density at radius 1 is 1.06 bits per heavy atom. The zero-order valence-corrected chi connectivity index (χ0v) is 18.1. The van der Waals surface area contributed by atoms with E-state index in [1.54, 1.807) is 60.4 Å². The van der Waals surface area contributed by atoms with Gasteiger partial charge in [0.05, 0.1) is 24.6 Å². The summed E-state index contributed by atoms with van der Waals surface area (Å²) in [5.41, 5.74) is 2.92. The molecule has 0 bridgehead atoms. The molecule has 0 radical (unpaired) electrons. The van der Waals surface area contributed by atoms with Crippen molar-refractivity contribution in [2.24, 2.45) is 0 Å². The van der Waals surface area contributed by atoms with Gasteiger partial charge in [0.15, 0.2) is 0 Å². The fraction of sp³-hybridized carbons (Fsp3) is 0.192. The Balaban J connectivity index is 1.56. The van der Waals surface area contributed by atoms with Crippen LogP contribution in [0.25, 0.3) is 0 Å². The van der Waals surface area contributed by atoms with Crippen molar-refractivity contribution in [3.63, 3.8) is 0 Å². The maximum atomic E-state index is 13.5. The molecule has 4 rings (SSSR count). The van der Waals surface area contributed by atoms with E-state index in [1.807, 2.05) is 12.1 Å². The molecule has 2 amide bonds. The van der Waals surface area contributed by atoms with Gasteiger partial charge in [-0.1, -0.05) is 36.4 Å². The minimum absolute atomic E-state index is 0.0327. The lowest BCUT2D eigenvalue weighted by Crippen LogP contribution is -2.32. The van der Waals surface area contributed by atoms with E-state index >= 15 is 0 Å². The predicted molar refractivity (Wildman–Crippen MR) is 121 cm³/mol. The van der Waals surface area contributed by atoms with Gasteiger partial charge in [0.1, 0.15) is 5.82 Å². The fourth-order valence-corrected chi connectivity index (χ4v) is 3.95. The maximum Gasteiger partial charge on any atom is 0.338 e. The zero-order valence-electron chi connectivity index (χ0n) is 18.1. The number of fused-ring (bicyclic) bond motifs is 1. The second kappa shape index (κ2) is 9.65. The summed E-state index contributed by atoms with van der Waals surface area (Å²) < 4.78 is 18.5. The van der Waals surface area contributed by atoms with Crippen LogP contribution in [0.1, 0.15) is 51.2 Å². The standard InChI is InChI=1S/C26H23FN2O4/c1-2-33-26(32)18-7-5-8-21(14-18)28-24(30)15-23(17-10-12-20(27)13-11-17)29-16-19-6-3-4-9-22(19)25(29)31/h3-14,23H,2,15-16H2,1H3,(H,28,30). The van der Waals surface area contributed by atoms with Crippen LogP contribution in [0.3, 0.4) is 0 Å². The number of esters is 1. The van der Waals surface area contributed by atoms with Gasteiger partial charge in [-0.05, 0) is 54.4 Å².